The zero-order valence-corrected chi connectivity index (χ0v) is 12.2. The summed E-state index contributed by atoms with van der Waals surface area (Å²) in [5.41, 5.74) is 6.60. The Labute approximate surface area is 121 Å². The third-order valence-electron chi connectivity index (χ3n) is 3.34. The minimum Gasteiger partial charge on any atom is -0.481 e. The van der Waals surface area contributed by atoms with Gasteiger partial charge in [-0.15, -0.1) is 10.2 Å². The highest BCUT2D eigenvalue weighted by Gasteiger charge is 2.17. The minimum atomic E-state index is 0.553. The van der Waals surface area contributed by atoms with Gasteiger partial charge < -0.3 is 15.0 Å². The molecule has 2 N–H and O–H groups in total. The molecular formula is C13H17N5OS. The molecule has 0 atom stereocenters. The van der Waals surface area contributed by atoms with Crippen LogP contribution in [0.5, 0.6) is 5.88 Å². The molecule has 6 nitrogen and oxygen atoms in total. The van der Waals surface area contributed by atoms with Crippen molar-refractivity contribution in [1.29, 1.82) is 0 Å². The van der Waals surface area contributed by atoms with Crippen LogP contribution >= 0.6 is 11.8 Å². The Hall–Kier alpha value is -1.76. The maximum atomic E-state index is 5.97. The third-order valence-corrected chi connectivity index (χ3v) is 4.34. The van der Waals surface area contributed by atoms with Gasteiger partial charge in [-0.3, -0.25) is 0 Å². The van der Waals surface area contributed by atoms with E-state index in [1.165, 1.54) is 31.0 Å². The number of hydrogen-bond acceptors (Lipinski definition) is 6. The lowest BCUT2D eigenvalue weighted by Gasteiger charge is -2.08. The second-order valence-electron chi connectivity index (χ2n) is 4.71. The van der Waals surface area contributed by atoms with Gasteiger partial charge in [0, 0.05) is 19.0 Å². The number of pyridine rings is 1. The molecule has 1 aliphatic rings. The summed E-state index contributed by atoms with van der Waals surface area (Å²) >= 11 is 1.45. The van der Waals surface area contributed by atoms with Gasteiger partial charge in [-0.25, -0.2) is 4.98 Å². The molecule has 0 bridgehead atoms. The second-order valence-corrected chi connectivity index (χ2v) is 5.67. The number of nitrogens with zero attached hydrogens (tertiary/aromatic N) is 4. The van der Waals surface area contributed by atoms with Crippen molar-refractivity contribution in [2.45, 2.75) is 42.4 Å². The molecule has 2 aromatic rings. The van der Waals surface area contributed by atoms with E-state index in [0.29, 0.717) is 16.6 Å². The average molecular weight is 291 g/mol. The summed E-state index contributed by atoms with van der Waals surface area (Å²) < 4.78 is 7.32. The number of hydrogen-bond donors (Lipinski definition) is 1. The number of fused-ring (bicyclic) bond motifs is 1. The molecule has 0 fully saturated rings. The van der Waals surface area contributed by atoms with Gasteiger partial charge in [-0.05, 0) is 30.7 Å². The first-order valence-electron chi connectivity index (χ1n) is 6.68. The highest BCUT2D eigenvalue weighted by Crippen LogP contribution is 2.32. The van der Waals surface area contributed by atoms with Crippen molar-refractivity contribution in [3.05, 3.63) is 18.0 Å². The van der Waals surface area contributed by atoms with Crippen molar-refractivity contribution >= 4 is 17.4 Å². The summed E-state index contributed by atoms with van der Waals surface area (Å²) in [5.74, 6) is 1.61. The van der Waals surface area contributed by atoms with Crippen molar-refractivity contribution in [2.24, 2.45) is 0 Å². The molecular weight excluding hydrogens is 274 g/mol. The quantitative estimate of drug-likeness (QED) is 0.933. The Morgan fingerprint density at radius 3 is 3.00 bits per heavy atom. The smallest absolute Gasteiger partial charge is 0.214 e. The third kappa shape index (κ3) is 2.58. The fourth-order valence-electron chi connectivity index (χ4n) is 2.25. The van der Waals surface area contributed by atoms with Crippen LogP contribution in [0.15, 0.2) is 22.3 Å². The van der Waals surface area contributed by atoms with E-state index < -0.39 is 0 Å². The number of aromatic nitrogens is 4. The lowest BCUT2D eigenvalue weighted by Crippen LogP contribution is -2.03. The van der Waals surface area contributed by atoms with E-state index in [4.69, 9.17) is 10.5 Å². The number of anilines is 1. The Kier molecular flexibility index (Phi) is 3.77. The van der Waals surface area contributed by atoms with Gasteiger partial charge in [0.1, 0.15) is 10.9 Å². The zero-order chi connectivity index (χ0) is 13.9. The molecule has 0 amide bonds. The van der Waals surface area contributed by atoms with E-state index in [0.717, 1.165) is 23.9 Å². The summed E-state index contributed by atoms with van der Waals surface area (Å²) in [5, 5.41) is 10.1. The SMILES string of the molecule is COc1ccc(N)c(Sc2nnc3n2CCCCC3)n1. The van der Waals surface area contributed by atoms with Crippen LogP contribution in [-0.2, 0) is 13.0 Å². The summed E-state index contributed by atoms with van der Waals surface area (Å²) in [6.07, 6.45) is 4.59. The minimum absolute atomic E-state index is 0.553. The van der Waals surface area contributed by atoms with Crippen LogP contribution in [0.3, 0.4) is 0 Å². The molecule has 0 aliphatic carbocycles. The van der Waals surface area contributed by atoms with E-state index in [2.05, 4.69) is 19.7 Å². The van der Waals surface area contributed by atoms with Gasteiger partial charge in [0.25, 0.3) is 0 Å². The van der Waals surface area contributed by atoms with Gasteiger partial charge in [0.15, 0.2) is 5.16 Å². The van der Waals surface area contributed by atoms with Crippen LogP contribution in [-0.4, -0.2) is 26.9 Å². The van der Waals surface area contributed by atoms with E-state index in [-0.39, 0.29) is 0 Å². The Morgan fingerprint density at radius 2 is 2.15 bits per heavy atom. The molecule has 0 saturated carbocycles. The van der Waals surface area contributed by atoms with Crippen LogP contribution in [0.4, 0.5) is 5.69 Å². The van der Waals surface area contributed by atoms with Crippen molar-refractivity contribution < 1.29 is 4.74 Å². The summed E-state index contributed by atoms with van der Waals surface area (Å²) in [7, 11) is 1.59. The number of ether oxygens (including phenoxy) is 1. The van der Waals surface area contributed by atoms with E-state index >= 15 is 0 Å². The summed E-state index contributed by atoms with van der Waals surface area (Å²) in [6.45, 7) is 0.967. The molecule has 0 spiro atoms. The van der Waals surface area contributed by atoms with E-state index in [1.54, 1.807) is 19.2 Å². The first-order valence-corrected chi connectivity index (χ1v) is 7.50. The standard InChI is InChI=1S/C13H17N5OS/c1-19-11-7-6-9(14)12(15-11)20-13-17-16-10-5-3-2-4-8-18(10)13/h6-7H,2-5,8,14H2,1H3. The lowest BCUT2D eigenvalue weighted by atomic mass is 10.2. The number of aryl methyl sites for hydroxylation is 1. The fourth-order valence-corrected chi connectivity index (χ4v) is 3.13. The topological polar surface area (TPSA) is 78.9 Å². The highest BCUT2D eigenvalue weighted by molar-refractivity contribution is 7.99. The van der Waals surface area contributed by atoms with Crippen molar-refractivity contribution in [2.75, 3.05) is 12.8 Å². The molecule has 2 aromatic heterocycles. The molecule has 0 saturated heterocycles. The van der Waals surface area contributed by atoms with E-state index in [9.17, 15) is 0 Å². The molecule has 3 rings (SSSR count). The van der Waals surface area contributed by atoms with Gasteiger partial charge >= 0.3 is 0 Å². The maximum absolute atomic E-state index is 5.97. The van der Waals surface area contributed by atoms with Gasteiger partial charge in [0.2, 0.25) is 5.88 Å². The Morgan fingerprint density at radius 1 is 1.25 bits per heavy atom. The number of methoxy groups -OCH3 is 1. The van der Waals surface area contributed by atoms with Crippen LogP contribution < -0.4 is 10.5 Å². The average Bonchev–Trinajstić information content (AvgIpc) is 2.70. The second kappa shape index (κ2) is 5.70. The Bertz CT molecular complexity index is 613. The van der Waals surface area contributed by atoms with Gasteiger partial charge in [-0.2, -0.15) is 0 Å². The number of nitrogens with two attached hydrogens (primary N) is 1. The summed E-state index contributed by atoms with van der Waals surface area (Å²) in [6, 6.07) is 3.55. The highest BCUT2D eigenvalue weighted by atomic mass is 32.2. The molecule has 0 radical (unpaired) electrons. The van der Waals surface area contributed by atoms with Crippen LogP contribution in [0.2, 0.25) is 0 Å². The first-order chi connectivity index (χ1) is 9.78. The van der Waals surface area contributed by atoms with Crippen molar-refractivity contribution in [1.82, 2.24) is 19.7 Å². The van der Waals surface area contributed by atoms with Crippen LogP contribution in [0.1, 0.15) is 25.1 Å². The molecule has 0 aromatic carbocycles. The lowest BCUT2D eigenvalue weighted by molar-refractivity contribution is 0.395. The first kappa shape index (κ1) is 13.2. The normalized spacial score (nSPS) is 14.7. The largest absolute Gasteiger partial charge is 0.481 e. The molecule has 3 heterocycles. The summed E-state index contributed by atoms with van der Waals surface area (Å²) in [4.78, 5) is 4.37. The number of rotatable bonds is 3. The van der Waals surface area contributed by atoms with Crippen LogP contribution in [0, 0.1) is 0 Å². The predicted molar refractivity (Wildman–Crippen MR) is 76.9 cm³/mol. The van der Waals surface area contributed by atoms with E-state index in [1.807, 2.05) is 0 Å². The van der Waals surface area contributed by atoms with Gasteiger partial charge in [-0.1, -0.05) is 6.42 Å². The van der Waals surface area contributed by atoms with Crippen molar-refractivity contribution in [3.63, 3.8) is 0 Å². The van der Waals surface area contributed by atoms with Crippen LogP contribution in [0.25, 0.3) is 0 Å². The molecule has 1 aliphatic heterocycles. The molecule has 0 unspecified atom stereocenters. The fraction of sp³-hybridized carbons (Fsp3) is 0.462. The monoisotopic (exact) mass is 291 g/mol. The number of nitrogen functional groups attached to an aromatic ring is 1. The molecule has 7 heteroatoms. The Balaban J connectivity index is 1.90. The van der Waals surface area contributed by atoms with Gasteiger partial charge in [0.05, 0.1) is 12.8 Å². The predicted octanol–water partition coefficient (Wildman–Crippen LogP) is 2.14. The maximum Gasteiger partial charge on any atom is 0.214 e. The molecule has 106 valence electrons. The van der Waals surface area contributed by atoms with Crippen molar-refractivity contribution in [3.8, 4) is 5.88 Å². The molecule has 20 heavy (non-hydrogen) atoms. The zero-order valence-electron chi connectivity index (χ0n) is 11.4.